The summed E-state index contributed by atoms with van der Waals surface area (Å²) >= 11 is 2.04. The highest BCUT2D eigenvalue weighted by molar-refractivity contribution is 7.99. The highest BCUT2D eigenvalue weighted by Gasteiger charge is 2.14. The Kier molecular flexibility index (Phi) is 3.41. The van der Waals surface area contributed by atoms with Crippen molar-refractivity contribution < 1.29 is 5.11 Å². The quantitative estimate of drug-likeness (QED) is 0.773. The van der Waals surface area contributed by atoms with Crippen LogP contribution in [0.5, 0.6) is 5.75 Å². The average molecular weight is 223 g/mol. The van der Waals surface area contributed by atoms with Crippen molar-refractivity contribution in [1.29, 1.82) is 0 Å². The molecule has 1 unspecified atom stereocenters. The maximum Gasteiger partial charge on any atom is 0.118 e. The monoisotopic (exact) mass is 223 g/mol. The van der Waals surface area contributed by atoms with Gasteiger partial charge in [0, 0.05) is 12.2 Å². The lowest BCUT2D eigenvalue weighted by Crippen LogP contribution is -2.13. The summed E-state index contributed by atoms with van der Waals surface area (Å²) in [5.41, 5.74) is 2.04. The van der Waals surface area contributed by atoms with Gasteiger partial charge in [-0.2, -0.15) is 11.8 Å². The molecule has 1 aromatic carbocycles. The number of hydrogen-bond acceptors (Lipinski definition) is 3. The molecule has 1 fully saturated rings. The molecule has 82 valence electrons. The van der Waals surface area contributed by atoms with Crippen molar-refractivity contribution in [2.45, 2.75) is 13.3 Å². The first-order valence-electron chi connectivity index (χ1n) is 5.37. The summed E-state index contributed by atoms with van der Waals surface area (Å²) in [6.07, 6.45) is 1.33. The van der Waals surface area contributed by atoms with Crippen LogP contribution in [0, 0.1) is 12.8 Å². The Morgan fingerprint density at radius 2 is 2.40 bits per heavy atom. The van der Waals surface area contributed by atoms with Gasteiger partial charge in [-0.3, -0.25) is 0 Å². The van der Waals surface area contributed by atoms with Gasteiger partial charge in [-0.15, -0.1) is 0 Å². The zero-order chi connectivity index (χ0) is 10.7. The molecule has 2 rings (SSSR count). The summed E-state index contributed by atoms with van der Waals surface area (Å²) < 4.78 is 0. The number of phenols is 1. The molecule has 1 aliphatic heterocycles. The molecule has 1 aliphatic rings. The predicted octanol–water partition coefficient (Wildman–Crippen LogP) is 2.87. The first kappa shape index (κ1) is 10.7. The van der Waals surface area contributed by atoms with Crippen LogP contribution in [0.1, 0.15) is 12.0 Å². The van der Waals surface area contributed by atoms with Crippen molar-refractivity contribution in [1.82, 2.24) is 0 Å². The van der Waals surface area contributed by atoms with Crippen molar-refractivity contribution >= 4 is 17.4 Å². The van der Waals surface area contributed by atoms with Gasteiger partial charge in [0.25, 0.3) is 0 Å². The number of benzene rings is 1. The van der Waals surface area contributed by atoms with E-state index in [1.54, 1.807) is 6.07 Å². The molecule has 3 heteroatoms. The Bertz CT molecular complexity index is 334. The van der Waals surface area contributed by atoms with E-state index in [0.29, 0.717) is 5.75 Å². The van der Waals surface area contributed by atoms with Crippen LogP contribution in [0.4, 0.5) is 5.69 Å². The van der Waals surface area contributed by atoms with E-state index in [4.69, 9.17) is 0 Å². The topological polar surface area (TPSA) is 32.3 Å². The lowest BCUT2D eigenvalue weighted by molar-refractivity contribution is 0.471. The Morgan fingerprint density at radius 3 is 3.07 bits per heavy atom. The Morgan fingerprint density at radius 1 is 1.53 bits per heavy atom. The van der Waals surface area contributed by atoms with Gasteiger partial charge < -0.3 is 10.4 Å². The molecule has 2 N–H and O–H groups in total. The zero-order valence-electron chi connectivity index (χ0n) is 8.99. The molecule has 0 bridgehead atoms. The van der Waals surface area contributed by atoms with Gasteiger partial charge in [-0.1, -0.05) is 0 Å². The summed E-state index contributed by atoms with van der Waals surface area (Å²) in [7, 11) is 0. The molecule has 0 saturated carbocycles. The molecule has 0 amide bonds. The van der Waals surface area contributed by atoms with Gasteiger partial charge in [0.05, 0.1) is 0 Å². The van der Waals surface area contributed by atoms with Crippen LogP contribution in [0.15, 0.2) is 18.2 Å². The second kappa shape index (κ2) is 4.79. The minimum absolute atomic E-state index is 0.372. The van der Waals surface area contributed by atoms with Gasteiger partial charge in [0.15, 0.2) is 0 Å². The summed E-state index contributed by atoms with van der Waals surface area (Å²) in [6.45, 7) is 2.98. The molecule has 1 heterocycles. The third kappa shape index (κ3) is 2.81. The van der Waals surface area contributed by atoms with Gasteiger partial charge in [-0.25, -0.2) is 0 Å². The molecule has 2 nitrogen and oxygen atoms in total. The first-order chi connectivity index (χ1) is 7.25. The highest BCUT2D eigenvalue weighted by atomic mass is 32.2. The zero-order valence-corrected chi connectivity index (χ0v) is 9.81. The standard InChI is InChI=1S/C12H17NOS/c1-9-6-11(2-3-12(9)14)13-7-10-4-5-15-8-10/h2-3,6,10,13-14H,4-5,7-8H2,1H3. The number of rotatable bonds is 3. The minimum Gasteiger partial charge on any atom is -0.508 e. The lowest BCUT2D eigenvalue weighted by atomic mass is 10.1. The second-order valence-corrected chi connectivity index (χ2v) is 5.26. The van der Waals surface area contributed by atoms with Crippen molar-refractivity contribution in [3.05, 3.63) is 23.8 Å². The third-order valence-electron chi connectivity index (χ3n) is 2.82. The van der Waals surface area contributed by atoms with E-state index in [2.05, 4.69) is 5.32 Å². The molecule has 0 spiro atoms. The van der Waals surface area contributed by atoms with Crippen LogP contribution in [-0.2, 0) is 0 Å². The van der Waals surface area contributed by atoms with Crippen LogP contribution < -0.4 is 5.32 Å². The fourth-order valence-corrected chi connectivity index (χ4v) is 3.06. The maximum atomic E-state index is 9.39. The van der Waals surface area contributed by atoms with Crippen LogP contribution in [0.25, 0.3) is 0 Å². The number of aryl methyl sites for hydroxylation is 1. The van der Waals surface area contributed by atoms with Crippen molar-refractivity contribution in [3.63, 3.8) is 0 Å². The molecule has 1 atom stereocenters. The molecule has 1 saturated heterocycles. The Labute approximate surface area is 95.1 Å². The van der Waals surface area contributed by atoms with Crippen LogP contribution >= 0.6 is 11.8 Å². The van der Waals surface area contributed by atoms with Gasteiger partial charge in [0.2, 0.25) is 0 Å². The van der Waals surface area contributed by atoms with E-state index in [-0.39, 0.29) is 0 Å². The van der Waals surface area contributed by atoms with Crippen molar-refractivity contribution in [2.24, 2.45) is 5.92 Å². The largest absolute Gasteiger partial charge is 0.508 e. The van der Waals surface area contributed by atoms with E-state index < -0.39 is 0 Å². The molecule has 15 heavy (non-hydrogen) atoms. The molecule has 0 radical (unpaired) electrons. The molecule has 0 aliphatic carbocycles. The summed E-state index contributed by atoms with van der Waals surface area (Å²) in [4.78, 5) is 0. The fraction of sp³-hybridized carbons (Fsp3) is 0.500. The van der Waals surface area contributed by atoms with Crippen LogP contribution in [0.3, 0.4) is 0 Å². The van der Waals surface area contributed by atoms with E-state index in [1.807, 2.05) is 30.8 Å². The summed E-state index contributed by atoms with van der Waals surface area (Å²) in [5.74, 6) is 3.77. The van der Waals surface area contributed by atoms with Crippen molar-refractivity contribution in [2.75, 3.05) is 23.4 Å². The number of aromatic hydroxyl groups is 1. The average Bonchev–Trinajstić information content (AvgIpc) is 2.73. The minimum atomic E-state index is 0.372. The van der Waals surface area contributed by atoms with Gasteiger partial charge in [-0.05, 0) is 54.5 Å². The molecule has 1 aromatic rings. The third-order valence-corrected chi connectivity index (χ3v) is 4.05. The predicted molar refractivity (Wildman–Crippen MR) is 66.8 cm³/mol. The normalized spacial score (nSPS) is 20.5. The fourth-order valence-electron chi connectivity index (χ4n) is 1.77. The molecular weight excluding hydrogens is 206 g/mol. The Hall–Kier alpha value is -0.830. The van der Waals surface area contributed by atoms with Crippen molar-refractivity contribution in [3.8, 4) is 5.75 Å². The number of nitrogens with one attached hydrogen (secondary N) is 1. The Balaban J connectivity index is 1.90. The van der Waals surface area contributed by atoms with E-state index in [1.165, 1.54) is 17.9 Å². The SMILES string of the molecule is Cc1cc(NCC2CCSC2)ccc1O. The second-order valence-electron chi connectivity index (χ2n) is 4.11. The number of anilines is 1. The highest BCUT2D eigenvalue weighted by Crippen LogP contribution is 2.25. The smallest absolute Gasteiger partial charge is 0.118 e. The number of thioether (sulfide) groups is 1. The van der Waals surface area contributed by atoms with Crippen LogP contribution in [0.2, 0.25) is 0 Å². The summed E-state index contributed by atoms with van der Waals surface area (Å²) in [5, 5.41) is 12.8. The molecule has 0 aromatic heterocycles. The maximum absolute atomic E-state index is 9.39. The number of phenolic OH excluding ortho intramolecular Hbond substituents is 1. The van der Waals surface area contributed by atoms with E-state index in [9.17, 15) is 5.11 Å². The molecular formula is C12H17NOS. The van der Waals surface area contributed by atoms with E-state index in [0.717, 1.165) is 23.7 Å². The van der Waals surface area contributed by atoms with E-state index >= 15 is 0 Å². The summed E-state index contributed by atoms with van der Waals surface area (Å²) in [6, 6.07) is 5.68. The van der Waals surface area contributed by atoms with Gasteiger partial charge >= 0.3 is 0 Å². The lowest BCUT2D eigenvalue weighted by Gasteiger charge is -2.12. The number of hydrogen-bond donors (Lipinski definition) is 2. The first-order valence-corrected chi connectivity index (χ1v) is 6.52. The van der Waals surface area contributed by atoms with Gasteiger partial charge in [0.1, 0.15) is 5.75 Å². The van der Waals surface area contributed by atoms with Crippen LogP contribution in [-0.4, -0.2) is 23.2 Å².